The highest BCUT2D eigenvalue weighted by Crippen LogP contribution is 2.41. The van der Waals surface area contributed by atoms with Crippen molar-refractivity contribution in [2.45, 2.75) is 24.6 Å². The second kappa shape index (κ2) is 4.99. The van der Waals surface area contributed by atoms with Crippen LogP contribution in [-0.4, -0.2) is 39.0 Å². The number of methoxy groups -OCH3 is 1. The van der Waals surface area contributed by atoms with Crippen molar-refractivity contribution < 1.29 is 14.6 Å². The van der Waals surface area contributed by atoms with Gasteiger partial charge in [-0.05, 0) is 32.0 Å². The molecule has 0 unspecified atom stereocenters. The van der Waals surface area contributed by atoms with Crippen molar-refractivity contribution in [1.82, 2.24) is 4.98 Å². The molecule has 1 aliphatic heterocycles. The van der Waals surface area contributed by atoms with Crippen LogP contribution in [0.15, 0.2) is 23.2 Å². The first-order valence-corrected chi connectivity index (χ1v) is 7.98. The van der Waals surface area contributed by atoms with Crippen molar-refractivity contribution in [1.29, 1.82) is 0 Å². The number of nitrogens with zero attached hydrogens (tertiary/aromatic N) is 2. The first-order chi connectivity index (χ1) is 9.90. The van der Waals surface area contributed by atoms with Crippen LogP contribution in [0.2, 0.25) is 0 Å². The lowest BCUT2D eigenvalue weighted by Gasteiger charge is -2.19. The molecule has 0 saturated heterocycles. The topological polar surface area (TPSA) is 71.8 Å². The maximum absolute atomic E-state index is 11.3. The lowest BCUT2D eigenvalue weighted by atomic mass is 10.0. The number of benzene rings is 1. The predicted molar refractivity (Wildman–Crippen MR) is 85.8 cm³/mol. The summed E-state index contributed by atoms with van der Waals surface area (Å²) in [5, 5.41) is 10.7. The molecule has 0 spiro atoms. The summed E-state index contributed by atoms with van der Waals surface area (Å²) in [4.78, 5) is 20.2. The molecule has 2 aromatic rings. The van der Waals surface area contributed by atoms with Gasteiger partial charge in [0.2, 0.25) is 0 Å². The van der Waals surface area contributed by atoms with E-state index < -0.39 is 16.8 Å². The second-order valence-corrected chi connectivity index (χ2v) is 7.91. The minimum absolute atomic E-state index is 0.462. The maximum atomic E-state index is 11.3. The van der Waals surface area contributed by atoms with Crippen LogP contribution in [0.3, 0.4) is 0 Å². The smallest absolute Gasteiger partial charge is 0.329 e. The number of aliphatic imine (C=N–C) groups is 1. The Morgan fingerprint density at radius 3 is 2.81 bits per heavy atom. The number of thiazole rings is 1. The molecule has 0 saturated carbocycles. The van der Waals surface area contributed by atoms with Gasteiger partial charge in [-0.1, -0.05) is 11.8 Å². The standard InChI is InChI=1S/C14H14N2O3S2/c1-14(2)10(13(17)18)16-12(21-14)11-15-8-5-4-7(19-3)6-9(8)20-11/h4-6,10H,1-3H3,(H,17,18)/t10-/m1/s1. The zero-order chi connectivity index (χ0) is 15.2. The minimum Gasteiger partial charge on any atom is -0.497 e. The molecule has 0 fully saturated rings. The van der Waals surface area contributed by atoms with E-state index in [1.54, 1.807) is 7.11 Å². The molecule has 0 aliphatic carbocycles. The van der Waals surface area contributed by atoms with Crippen molar-refractivity contribution in [3.63, 3.8) is 0 Å². The van der Waals surface area contributed by atoms with E-state index in [9.17, 15) is 9.90 Å². The third kappa shape index (κ3) is 2.51. The Balaban J connectivity index is 2.01. The number of thioether (sulfide) groups is 1. The Labute approximate surface area is 130 Å². The first kappa shape index (κ1) is 14.3. The van der Waals surface area contributed by atoms with E-state index in [1.165, 1.54) is 23.1 Å². The third-order valence-corrected chi connectivity index (χ3v) is 5.67. The highest BCUT2D eigenvalue weighted by molar-refractivity contribution is 8.16. The van der Waals surface area contributed by atoms with Crippen molar-refractivity contribution in [3.8, 4) is 5.75 Å². The Morgan fingerprint density at radius 1 is 1.43 bits per heavy atom. The van der Waals surface area contributed by atoms with Crippen LogP contribution >= 0.6 is 23.1 Å². The van der Waals surface area contributed by atoms with Gasteiger partial charge in [-0.2, -0.15) is 0 Å². The summed E-state index contributed by atoms with van der Waals surface area (Å²) in [7, 11) is 1.62. The fraction of sp³-hybridized carbons (Fsp3) is 0.357. The number of hydrogen-bond donors (Lipinski definition) is 1. The Morgan fingerprint density at radius 2 is 2.19 bits per heavy atom. The molecule has 0 amide bonds. The normalized spacial score (nSPS) is 20.5. The molecule has 1 atom stereocenters. The van der Waals surface area contributed by atoms with E-state index in [0.29, 0.717) is 5.04 Å². The number of aromatic nitrogens is 1. The largest absolute Gasteiger partial charge is 0.497 e. The molecule has 21 heavy (non-hydrogen) atoms. The zero-order valence-corrected chi connectivity index (χ0v) is 13.4. The Hall–Kier alpha value is -1.60. The number of aliphatic carboxylic acids is 1. The number of carboxylic acid groups (broad SMARTS) is 1. The molecule has 0 radical (unpaired) electrons. The molecule has 110 valence electrons. The molecule has 2 heterocycles. The van der Waals surface area contributed by atoms with E-state index in [0.717, 1.165) is 21.0 Å². The van der Waals surface area contributed by atoms with E-state index in [2.05, 4.69) is 9.98 Å². The fourth-order valence-electron chi connectivity index (χ4n) is 2.18. The lowest BCUT2D eigenvalue weighted by molar-refractivity contribution is -0.138. The summed E-state index contributed by atoms with van der Waals surface area (Å²) in [5.41, 5.74) is 0.871. The monoisotopic (exact) mass is 322 g/mol. The van der Waals surface area contributed by atoms with Gasteiger partial charge in [-0.25, -0.2) is 9.78 Å². The zero-order valence-electron chi connectivity index (χ0n) is 11.8. The van der Waals surface area contributed by atoms with Crippen molar-refractivity contribution >= 4 is 44.3 Å². The van der Waals surface area contributed by atoms with Crippen LogP contribution in [-0.2, 0) is 4.79 Å². The number of fused-ring (bicyclic) bond motifs is 1. The van der Waals surface area contributed by atoms with Gasteiger partial charge in [0.25, 0.3) is 0 Å². The SMILES string of the molecule is COc1ccc2nc(C3=N[C@H](C(=O)O)C(C)(C)S3)sc2c1. The van der Waals surface area contributed by atoms with Gasteiger partial charge in [0.05, 0.1) is 17.3 Å². The summed E-state index contributed by atoms with van der Waals surface area (Å²) in [6.45, 7) is 3.78. The van der Waals surface area contributed by atoms with Crippen molar-refractivity contribution in [2.24, 2.45) is 4.99 Å². The summed E-state index contributed by atoms with van der Waals surface area (Å²) in [6, 6.07) is 4.95. The summed E-state index contributed by atoms with van der Waals surface area (Å²) in [5.74, 6) is -0.118. The average Bonchev–Trinajstić information content (AvgIpc) is 2.97. The number of carbonyl (C=O) groups is 1. The Bertz CT molecular complexity index is 752. The van der Waals surface area contributed by atoms with E-state index in [-0.39, 0.29) is 0 Å². The number of ether oxygens (including phenoxy) is 1. The van der Waals surface area contributed by atoms with Crippen LogP contribution in [0.5, 0.6) is 5.75 Å². The van der Waals surface area contributed by atoms with Gasteiger partial charge in [0.1, 0.15) is 15.8 Å². The molecule has 1 aliphatic rings. The average molecular weight is 322 g/mol. The van der Waals surface area contributed by atoms with Gasteiger partial charge >= 0.3 is 5.97 Å². The highest BCUT2D eigenvalue weighted by Gasteiger charge is 2.43. The van der Waals surface area contributed by atoms with Crippen LogP contribution in [0.4, 0.5) is 0 Å². The van der Waals surface area contributed by atoms with Gasteiger partial charge in [0.15, 0.2) is 6.04 Å². The molecule has 3 rings (SSSR count). The fourth-order valence-corrected chi connectivity index (χ4v) is 4.37. The van der Waals surface area contributed by atoms with Gasteiger partial charge in [-0.15, -0.1) is 11.3 Å². The van der Waals surface area contributed by atoms with E-state index >= 15 is 0 Å². The van der Waals surface area contributed by atoms with Crippen LogP contribution in [0.25, 0.3) is 10.2 Å². The molecular weight excluding hydrogens is 308 g/mol. The quantitative estimate of drug-likeness (QED) is 0.940. The molecule has 7 heteroatoms. The minimum atomic E-state index is -0.898. The maximum Gasteiger partial charge on any atom is 0.329 e. The summed E-state index contributed by atoms with van der Waals surface area (Å²) in [6.07, 6.45) is 0. The van der Waals surface area contributed by atoms with Gasteiger partial charge < -0.3 is 9.84 Å². The van der Waals surface area contributed by atoms with Crippen molar-refractivity contribution in [2.75, 3.05) is 7.11 Å². The summed E-state index contributed by atoms with van der Waals surface area (Å²) < 4.78 is 5.75. The highest BCUT2D eigenvalue weighted by atomic mass is 32.2. The molecule has 5 nitrogen and oxygen atoms in total. The van der Waals surface area contributed by atoms with Crippen LogP contribution < -0.4 is 4.74 Å². The predicted octanol–water partition coefficient (Wildman–Crippen LogP) is 3.03. The molecule has 0 bridgehead atoms. The molecule has 1 N–H and O–H groups in total. The summed E-state index contributed by atoms with van der Waals surface area (Å²) >= 11 is 2.97. The van der Waals surface area contributed by atoms with Crippen molar-refractivity contribution in [3.05, 3.63) is 23.2 Å². The number of rotatable bonds is 3. The first-order valence-electron chi connectivity index (χ1n) is 6.35. The lowest BCUT2D eigenvalue weighted by Crippen LogP contribution is -2.34. The Kier molecular flexibility index (Phi) is 3.41. The van der Waals surface area contributed by atoms with E-state index in [4.69, 9.17) is 4.74 Å². The number of carboxylic acids is 1. The van der Waals surface area contributed by atoms with Gasteiger partial charge in [0, 0.05) is 4.75 Å². The number of hydrogen-bond acceptors (Lipinski definition) is 6. The van der Waals surface area contributed by atoms with Gasteiger partial charge in [-0.3, -0.25) is 4.99 Å². The molecular formula is C14H14N2O3S2. The molecule has 1 aromatic heterocycles. The van der Waals surface area contributed by atoms with Crippen LogP contribution in [0, 0.1) is 0 Å². The van der Waals surface area contributed by atoms with E-state index in [1.807, 2.05) is 32.0 Å². The second-order valence-electron chi connectivity index (χ2n) is 5.23. The molecule has 1 aromatic carbocycles. The third-order valence-electron chi connectivity index (χ3n) is 3.28. The van der Waals surface area contributed by atoms with Crippen LogP contribution in [0.1, 0.15) is 18.9 Å².